The molecule has 0 radical (unpaired) electrons. The van der Waals surface area contributed by atoms with Crippen LogP contribution in [0.5, 0.6) is 0 Å². The zero-order valence-electron chi connectivity index (χ0n) is 9.09. The van der Waals surface area contributed by atoms with E-state index < -0.39 is 0 Å². The van der Waals surface area contributed by atoms with E-state index in [0.29, 0.717) is 0 Å². The van der Waals surface area contributed by atoms with Crippen LogP contribution in [-0.4, -0.2) is 28.1 Å². The number of likely N-dealkylation sites (tertiary alicyclic amines) is 1. The molecule has 2 rings (SSSR count). The second-order valence-electron chi connectivity index (χ2n) is 3.69. The summed E-state index contributed by atoms with van der Waals surface area (Å²) in [4.78, 5) is 3.63. The summed E-state index contributed by atoms with van der Waals surface area (Å²) in [6, 6.07) is 4.21. The summed E-state index contributed by atoms with van der Waals surface area (Å²) in [6.45, 7) is 2.31. The molecule has 1 aromatic rings. The van der Waals surface area contributed by atoms with Crippen molar-refractivity contribution in [3.05, 3.63) is 28.5 Å². The molecule has 0 spiro atoms. The quantitative estimate of drug-likeness (QED) is 0.767. The van der Waals surface area contributed by atoms with Gasteiger partial charge in [-0.25, -0.2) is 0 Å². The highest BCUT2D eigenvalue weighted by atomic mass is 32.2. The van der Waals surface area contributed by atoms with Crippen LogP contribution in [0.3, 0.4) is 0 Å². The largest absolute Gasteiger partial charge is 0.358 e. The molecule has 0 amide bonds. The molecule has 4 heteroatoms. The molecular weight excluding hydrogens is 254 g/mol. The van der Waals surface area contributed by atoms with Crippen LogP contribution in [0.2, 0.25) is 0 Å². The van der Waals surface area contributed by atoms with Gasteiger partial charge in [0.05, 0.1) is 0 Å². The Morgan fingerprint density at radius 1 is 1.50 bits per heavy atom. The van der Waals surface area contributed by atoms with E-state index in [1.54, 1.807) is 23.1 Å². The Balaban J connectivity index is 1.69. The number of thiocarbonyl (C=S) groups is 1. The molecule has 1 aliphatic heterocycles. The van der Waals surface area contributed by atoms with Gasteiger partial charge in [-0.3, -0.25) is 0 Å². The Hall–Kier alpha value is -0.320. The number of hydrogen-bond acceptors (Lipinski definition) is 3. The summed E-state index contributed by atoms with van der Waals surface area (Å²) < 4.78 is 1.06. The lowest BCUT2D eigenvalue weighted by Crippen LogP contribution is -2.23. The van der Waals surface area contributed by atoms with E-state index in [-0.39, 0.29) is 0 Å². The van der Waals surface area contributed by atoms with E-state index in [1.165, 1.54) is 17.7 Å². The van der Waals surface area contributed by atoms with Gasteiger partial charge in [0.25, 0.3) is 0 Å². The standard InChI is InChI=1S/C12H15NS3/c14-12(13-7-1-2-8-13)16-10-4-6-11-5-3-9-15-11/h3-6,9H,1-2,7-8,10H2/b6-4+. The molecule has 1 fully saturated rings. The highest BCUT2D eigenvalue weighted by Gasteiger charge is 2.13. The van der Waals surface area contributed by atoms with Crippen LogP contribution in [-0.2, 0) is 0 Å². The maximum absolute atomic E-state index is 5.38. The first-order valence-electron chi connectivity index (χ1n) is 5.48. The minimum atomic E-state index is 0.979. The summed E-state index contributed by atoms with van der Waals surface area (Å²) in [7, 11) is 0. The van der Waals surface area contributed by atoms with Crippen LogP contribution in [0.25, 0.3) is 6.08 Å². The number of thiophene rings is 1. The lowest BCUT2D eigenvalue weighted by Gasteiger charge is -2.16. The number of nitrogens with zero attached hydrogens (tertiary/aromatic N) is 1. The van der Waals surface area contributed by atoms with E-state index >= 15 is 0 Å². The first kappa shape index (κ1) is 12.1. The third-order valence-electron chi connectivity index (χ3n) is 2.49. The number of rotatable bonds is 3. The molecule has 0 saturated carbocycles. The maximum atomic E-state index is 5.38. The van der Waals surface area contributed by atoms with E-state index in [2.05, 4.69) is 34.6 Å². The lowest BCUT2D eigenvalue weighted by molar-refractivity contribution is 0.539. The molecule has 1 aromatic heterocycles. The molecule has 0 aromatic carbocycles. The lowest BCUT2D eigenvalue weighted by atomic mass is 10.4. The topological polar surface area (TPSA) is 3.24 Å². The van der Waals surface area contributed by atoms with Crippen LogP contribution in [0.1, 0.15) is 17.7 Å². The first-order chi connectivity index (χ1) is 7.86. The second kappa shape index (κ2) is 6.42. The second-order valence-corrected chi connectivity index (χ2v) is 6.32. The normalized spacial score (nSPS) is 16.1. The van der Waals surface area contributed by atoms with Gasteiger partial charge in [0.15, 0.2) is 0 Å². The van der Waals surface area contributed by atoms with Crippen molar-refractivity contribution >= 4 is 45.7 Å². The Morgan fingerprint density at radius 2 is 2.31 bits per heavy atom. The summed E-state index contributed by atoms with van der Waals surface area (Å²) in [5, 5.41) is 2.10. The van der Waals surface area contributed by atoms with E-state index in [1.807, 2.05) is 0 Å². The highest BCUT2D eigenvalue weighted by Crippen LogP contribution is 2.17. The van der Waals surface area contributed by atoms with Crippen LogP contribution in [0.15, 0.2) is 23.6 Å². The highest BCUT2D eigenvalue weighted by molar-refractivity contribution is 8.23. The van der Waals surface area contributed by atoms with Crippen molar-refractivity contribution in [1.29, 1.82) is 0 Å². The van der Waals surface area contributed by atoms with Crippen molar-refractivity contribution in [2.75, 3.05) is 18.8 Å². The van der Waals surface area contributed by atoms with E-state index in [9.17, 15) is 0 Å². The molecule has 1 aliphatic rings. The van der Waals surface area contributed by atoms with Gasteiger partial charge in [-0.1, -0.05) is 36.1 Å². The molecule has 1 nitrogen and oxygen atoms in total. The molecule has 16 heavy (non-hydrogen) atoms. The zero-order valence-corrected chi connectivity index (χ0v) is 11.5. The summed E-state index contributed by atoms with van der Waals surface area (Å²) in [5.74, 6) is 0.979. The van der Waals surface area contributed by atoms with Gasteiger partial charge < -0.3 is 4.90 Å². The Labute approximate surface area is 111 Å². The predicted octanol–water partition coefficient (Wildman–Crippen LogP) is 3.88. The van der Waals surface area contributed by atoms with Crippen molar-refractivity contribution in [2.24, 2.45) is 0 Å². The summed E-state index contributed by atoms with van der Waals surface area (Å²) >= 11 is 8.92. The van der Waals surface area contributed by atoms with Crippen LogP contribution in [0.4, 0.5) is 0 Å². The number of thioether (sulfide) groups is 1. The average Bonchev–Trinajstić information content (AvgIpc) is 2.96. The molecule has 0 bridgehead atoms. The maximum Gasteiger partial charge on any atom is 0.136 e. The zero-order chi connectivity index (χ0) is 11.2. The van der Waals surface area contributed by atoms with Crippen LogP contribution >= 0.6 is 35.3 Å². The van der Waals surface area contributed by atoms with E-state index in [0.717, 1.165) is 23.2 Å². The Kier molecular flexibility index (Phi) is 4.88. The van der Waals surface area contributed by atoms with Gasteiger partial charge in [0.1, 0.15) is 4.32 Å². The molecule has 2 heterocycles. The fourth-order valence-electron chi connectivity index (χ4n) is 1.66. The van der Waals surface area contributed by atoms with Crippen molar-refractivity contribution in [1.82, 2.24) is 4.90 Å². The minimum absolute atomic E-state index is 0.979. The molecule has 0 unspecified atom stereocenters. The number of hydrogen-bond donors (Lipinski definition) is 0. The molecule has 0 atom stereocenters. The van der Waals surface area contributed by atoms with Gasteiger partial charge in [-0.2, -0.15) is 0 Å². The average molecular weight is 269 g/mol. The third-order valence-corrected chi connectivity index (χ3v) is 4.81. The summed E-state index contributed by atoms with van der Waals surface area (Å²) in [5.41, 5.74) is 0. The van der Waals surface area contributed by atoms with Crippen molar-refractivity contribution in [2.45, 2.75) is 12.8 Å². The summed E-state index contributed by atoms with van der Waals surface area (Å²) in [6.07, 6.45) is 6.96. The van der Waals surface area contributed by atoms with Gasteiger partial charge in [-0.05, 0) is 30.4 Å². The monoisotopic (exact) mass is 269 g/mol. The van der Waals surface area contributed by atoms with Crippen molar-refractivity contribution < 1.29 is 0 Å². The van der Waals surface area contributed by atoms with E-state index in [4.69, 9.17) is 12.2 Å². The third kappa shape index (κ3) is 3.61. The van der Waals surface area contributed by atoms with Gasteiger partial charge in [0.2, 0.25) is 0 Å². The fourth-order valence-corrected chi connectivity index (χ4v) is 3.39. The fraction of sp³-hybridized carbons (Fsp3) is 0.417. The SMILES string of the molecule is S=C(SC/C=C/c1cccs1)N1CCCC1. The van der Waals surface area contributed by atoms with Gasteiger partial charge in [0, 0.05) is 23.7 Å². The Bertz CT molecular complexity index is 350. The predicted molar refractivity (Wildman–Crippen MR) is 79.2 cm³/mol. The van der Waals surface area contributed by atoms with Gasteiger partial charge in [-0.15, -0.1) is 11.3 Å². The molecule has 0 N–H and O–H groups in total. The minimum Gasteiger partial charge on any atom is -0.358 e. The Morgan fingerprint density at radius 3 is 3.00 bits per heavy atom. The molecule has 0 aliphatic carbocycles. The van der Waals surface area contributed by atoms with Crippen molar-refractivity contribution in [3.8, 4) is 0 Å². The van der Waals surface area contributed by atoms with Crippen LogP contribution in [0, 0.1) is 0 Å². The smallest absolute Gasteiger partial charge is 0.136 e. The van der Waals surface area contributed by atoms with Gasteiger partial charge >= 0.3 is 0 Å². The molecule has 1 saturated heterocycles. The molecular formula is C12H15NS3. The van der Waals surface area contributed by atoms with Crippen molar-refractivity contribution in [3.63, 3.8) is 0 Å². The molecule has 86 valence electrons. The van der Waals surface area contributed by atoms with Crippen LogP contribution < -0.4 is 0 Å². The first-order valence-corrected chi connectivity index (χ1v) is 7.75.